The monoisotopic (exact) mass is 600 g/mol. The number of methoxy groups -OCH3 is 1. The molecule has 0 saturated heterocycles. The molecule has 6 aromatic rings. The highest BCUT2D eigenvalue weighted by Crippen LogP contribution is 2.53. The second-order valence-corrected chi connectivity index (χ2v) is 11.3. The quantitative estimate of drug-likeness (QED) is 0.200. The van der Waals surface area contributed by atoms with Crippen molar-refractivity contribution in [1.82, 2.24) is 9.78 Å². The minimum atomic E-state index is -1.55. The Labute approximate surface area is 266 Å². The third-order valence-corrected chi connectivity index (χ3v) is 8.84. The van der Waals surface area contributed by atoms with Crippen LogP contribution in [0.15, 0.2) is 151 Å². The molecule has 2 atom stereocenters. The maximum atomic E-state index is 15.8. The predicted octanol–water partition coefficient (Wildman–Crippen LogP) is 7.36. The van der Waals surface area contributed by atoms with E-state index in [1.54, 1.807) is 16.8 Å². The Hall–Kier alpha value is -6.08. The molecule has 0 N–H and O–H groups in total. The summed E-state index contributed by atoms with van der Waals surface area (Å²) in [5.41, 5.74) is 3.48. The molecule has 2 heterocycles. The van der Waals surface area contributed by atoms with Crippen LogP contribution in [0.3, 0.4) is 0 Å². The largest absolute Gasteiger partial charge is 0.497 e. The van der Waals surface area contributed by atoms with Gasteiger partial charge in [-0.3, -0.25) is 9.59 Å². The lowest BCUT2D eigenvalue weighted by molar-refractivity contribution is 0.0741. The van der Waals surface area contributed by atoms with Crippen LogP contribution in [0.5, 0.6) is 5.75 Å². The Morgan fingerprint density at radius 2 is 1.20 bits per heavy atom. The van der Waals surface area contributed by atoms with Gasteiger partial charge in [-0.05, 0) is 47.5 Å². The average molecular weight is 601 g/mol. The number of carbonyl (C=O) groups excluding carboxylic acids is 2. The summed E-state index contributed by atoms with van der Waals surface area (Å²) in [4.78, 5) is 31.2. The Balaban J connectivity index is 1.49. The molecule has 0 bridgehead atoms. The van der Waals surface area contributed by atoms with Crippen LogP contribution in [0.4, 0.5) is 5.69 Å². The van der Waals surface area contributed by atoms with Crippen LogP contribution >= 0.6 is 0 Å². The van der Waals surface area contributed by atoms with Crippen molar-refractivity contribution < 1.29 is 14.3 Å². The number of rotatable bonds is 6. The van der Waals surface area contributed by atoms with Crippen LogP contribution in [0.2, 0.25) is 0 Å². The summed E-state index contributed by atoms with van der Waals surface area (Å²) in [6, 6.07) is 45.6. The zero-order valence-corrected chi connectivity index (χ0v) is 24.9. The van der Waals surface area contributed by atoms with Gasteiger partial charge < -0.3 is 4.74 Å². The second-order valence-electron chi connectivity index (χ2n) is 11.3. The SMILES string of the molecule is COc1ccc(C23C(=O)c4c(c(-c5ccccc5)nn4-c4ccccc4)C(=O)C2C(c2ccccc2)=NN3c2ccccc2)cc1. The van der Waals surface area contributed by atoms with E-state index in [9.17, 15) is 0 Å². The molecule has 1 aromatic heterocycles. The van der Waals surface area contributed by atoms with Crippen LogP contribution in [0.1, 0.15) is 32.0 Å². The summed E-state index contributed by atoms with van der Waals surface area (Å²) in [6.45, 7) is 0. The van der Waals surface area contributed by atoms with Crippen molar-refractivity contribution in [3.8, 4) is 22.7 Å². The van der Waals surface area contributed by atoms with E-state index < -0.39 is 11.5 Å². The van der Waals surface area contributed by atoms with Crippen molar-refractivity contribution >= 4 is 23.0 Å². The van der Waals surface area contributed by atoms with Gasteiger partial charge in [0.1, 0.15) is 23.1 Å². The fourth-order valence-corrected chi connectivity index (χ4v) is 6.77. The Bertz CT molecular complexity index is 2110. The van der Waals surface area contributed by atoms with Gasteiger partial charge in [0.15, 0.2) is 11.3 Å². The number of carbonyl (C=O) groups is 2. The molecule has 0 fully saturated rings. The predicted molar refractivity (Wildman–Crippen MR) is 178 cm³/mol. The second kappa shape index (κ2) is 10.8. The fraction of sp³-hybridized carbons (Fsp3) is 0.0769. The van der Waals surface area contributed by atoms with Crippen molar-refractivity contribution in [2.24, 2.45) is 11.0 Å². The number of ketones is 2. The Morgan fingerprint density at radius 3 is 1.78 bits per heavy atom. The first-order chi connectivity index (χ1) is 22.6. The summed E-state index contributed by atoms with van der Waals surface area (Å²) in [5.74, 6) is -0.817. The number of hydrazone groups is 1. The number of benzene rings is 5. The summed E-state index contributed by atoms with van der Waals surface area (Å²) in [5, 5.41) is 11.9. The van der Waals surface area contributed by atoms with Gasteiger partial charge in [0.2, 0.25) is 5.78 Å². The van der Waals surface area contributed by atoms with Crippen LogP contribution in [0.25, 0.3) is 16.9 Å². The first kappa shape index (κ1) is 27.5. The van der Waals surface area contributed by atoms with Crippen molar-refractivity contribution in [2.45, 2.75) is 5.54 Å². The molecule has 0 radical (unpaired) electrons. The third-order valence-electron chi connectivity index (χ3n) is 8.84. The number of aromatic nitrogens is 2. The minimum Gasteiger partial charge on any atom is -0.497 e. The van der Waals surface area contributed by atoms with E-state index >= 15 is 9.59 Å². The number of ether oxygens (including phenoxy) is 1. The fourth-order valence-electron chi connectivity index (χ4n) is 6.77. The van der Waals surface area contributed by atoms with E-state index in [4.69, 9.17) is 14.9 Å². The molecule has 2 unspecified atom stereocenters. The molecule has 2 aliphatic rings. The molecule has 222 valence electrons. The smallest absolute Gasteiger partial charge is 0.215 e. The highest BCUT2D eigenvalue weighted by molar-refractivity contribution is 6.32. The normalized spacial score (nSPS) is 18.6. The maximum Gasteiger partial charge on any atom is 0.215 e. The molecular weight excluding hydrogens is 572 g/mol. The zero-order valence-electron chi connectivity index (χ0n) is 24.9. The Kier molecular flexibility index (Phi) is 6.46. The van der Waals surface area contributed by atoms with E-state index in [1.807, 2.05) is 146 Å². The van der Waals surface area contributed by atoms with Crippen molar-refractivity contribution in [1.29, 1.82) is 0 Å². The number of nitrogens with zero attached hydrogens (tertiary/aromatic N) is 4. The highest BCUT2D eigenvalue weighted by Gasteiger charge is 2.66. The lowest BCUT2D eigenvalue weighted by Crippen LogP contribution is -2.58. The minimum absolute atomic E-state index is 0.215. The zero-order chi connectivity index (χ0) is 31.3. The van der Waals surface area contributed by atoms with E-state index in [0.29, 0.717) is 39.7 Å². The average Bonchev–Trinajstić information content (AvgIpc) is 3.71. The maximum absolute atomic E-state index is 15.8. The van der Waals surface area contributed by atoms with E-state index in [2.05, 4.69) is 0 Å². The summed E-state index contributed by atoms with van der Waals surface area (Å²) < 4.78 is 7.12. The molecular formula is C39H28N4O3. The van der Waals surface area contributed by atoms with Gasteiger partial charge in [0.05, 0.1) is 29.8 Å². The molecule has 0 amide bonds. The van der Waals surface area contributed by atoms with Crippen molar-refractivity contribution in [3.63, 3.8) is 0 Å². The van der Waals surface area contributed by atoms with Gasteiger partial charge in [0.25, 0.3) is 0 Å². The molecule has 5 aromatic carbocycles. The van der Waals surface area contributed by atoms with E-state index in [-0.39, 0.29) is 17.3 Å². The number of para-hydroxylation sites is 2. The first-order valence-corrected chi connectivity index (χ1v) is 15.1. The number of Topliss-reactive ketones (excluding diaryl/α,β-unsaturated/α-hetero) is 2. The first-order valence-electron chi connectivity index (χ1n) is 15.1. The standard InChI is InChI=1S/C39H28N4O3/c1-46-31-24-22-28(23-25-31)39-33(35(27-16-8-3-9-17-27)41-43(39)30-20-12-5-13-21-30)37(44)32-34(26-14-6-2-7-15-26)40-42(36(32)38(39)45)29-18-10-4-11-19-29/h2-25,33H,1H3. The van der Waals surface area contributed by atoms with Crippen molar-refractivity contribution in [2.75, 3.05) is 12.1 Å². The lowest BCUT2D eigenvalue weighted by Gasteiger charge is -2.42. The summed E-state index contributed by atoms with van der Waals surface area (Å²) >= 11 is 0. The molecule has 7 nitrogen and oxygen atoms in total. The Morgan fingerprint density at radius 1 is 0.652 bits per heavy atom. The molecule has 1 aliphatic heterocycles. The van der Waals surface area contributed by atoms with Gasteiger partial charge in [-0.1, -0.05) is 109 Å². The van der Waals surface area contributed by atoms with Gasteiger partial charge in [-0.25, -0.2) is 9.69 Å². The van der Waals surface area contributed by atoms with Crippen LogP contribution in [-0.2, 0) is 5.54 Å². The third kappa shape index (κ3) is 3.98. The van der Waals surface area contributed by atoms with Crippen LogP contribution < -0.4 is 9.75 Å². The number of hydrogen-bond donors (Lipinski definition) is 0. The number of anilines is 1. The summed E-state index contributed by atoms with van der Waals surface area (Å²) in [7, 11) is 1.60. The molecule has 0 spiro atoms. The van der Waals surface area contributed by atoms with E-state index in [1.165, 1.54) is 0 Å². The van der Waals surface area contributed by atoms with E-state index in [0.717, 1.165) is 11.1 Å². The van der Waals surface area contributed by atoms with Gasteiger partial charge in [0, 0.05) is 5.56 Å². The molecule has 46 heavy (non-hydrogen) atoms. The van der Waals surface area contributed by atoms with Gasteiger partial charge >= 0.3 is 0 Å². The molecule has 8 rings (SSSR count). The summed E-state index contributed by atoms with van der Waals surface area (Å²) in [6.07, 6.45) is 0. The van der Waals surface area contributed by atoms with Crippen LogP contribution in [-0.4, -0.2) is 34.2 Å². The highest BCUT2D eigenvalue weighted by atomic mass is 16.5. The lowest BCUT2D eigenvalue weighted by atomic mass is 9.64. The molecule has 7 heteroatoms. The van der Waals surface area contributed by atoms with Crippen molar-refractivity contribution in [3.05, 3.63) is 168 Å². The number of hydrogen-bond acceptors (Lipinski definition) is 6. The van der Waals surface area contributed by atoms with Gasteiger partial charge in [-0.15, -0.1) is 0 Å². The molecule has 1 aliphatic carbocycles. The molecule has 0 saturated carbocycles. The van der Waals surface area contributed by atoms with Crippen LogP contribution in [0, 0.1) is 5.92 Å². The van der Waals surface area contributed by atoms with Gasteiger partial charge in [-0.2, -0.15) is 10.2 Å². The number of fused-ring (bicyclic) bond motifs is 2. The topological polar surface area (TPSA) is 76.8 Å².